The number of nitrogen functional groups attached to an aromatic ring is 1. The van der Waals surface area contributed by atoms with Crippen molar-refractivity contribution in [3.8, 4) is 11.5 Å². The molecule has 0 saturated carbocycles. The average Bonchev–Trinajstić information content (AvgIpc) is 3.30. The molecule has 0 aliphatic carbocycles. The number of anilines is 1. The lowest BCUT2D eigenvalue weighted by Crippen LogP contribution is -2.35. The molecule has 0 amide bonds. The van der Waals surface area contributed by atoms with Gasteiger partial charge in [-0.05, 0) is 48.0 Å². The lowest BCUT2D eigenvalue weighted by Gasteiger charge is -2.23. The molecule has 190 valence electrons. The van der Waals surface area contributed by atoms with Gasteiger partial charge in [0.1, 0.15) is 17.3 Å². The van der Waals surface area contributed by atoms with Gasteiger partial charge in [0.2, 0.25) is 10.0 Å². The number of rotatable bonds is 10. The zero-order valence-electron chi connectivity index (χ0n) is 19.4. The molecule has 0 aliphatic rings. The second-order valence-electron chi connectivity index (χ2n) is 8.04. The topological polar surface area (TPSA) is 138 Å². The van der Waals surface area contributed by atoms with Gasteiger partial charge in [-0.15, -0.1) is 0 Å². The summed E-state index contributed by atoms with van der Waals surface area (Å²) >= 11 is 6.44. The highest BCUT2D eigenvalue weighted by Gasteiger charge is 2.25. The van der Waals surface area contributed by atoms with Crippen molar-refractivity contribution < 1.29 is 23.1 Å². The number of amidine groups is 1. The summed E-state index contributed by atoms with van der Waals surface area (Å²) in [6.45, 7) is -0.151. The molecule has 0 atom stereocenters. The van der Waals surface area contributed by atoms with Crippen LogP contribution in [0.2, 0.25) is 5.02 Å². The highest BCUT2D eigenvalue weighted by molar-refractivity contribution is 7.93. The maximum atomic E-state index is 12.9. The van der Waals surface area contributed by atoms with E-state index in [4.69, 9.17) is 32.6 Å². The maximum absolute atomic E-state index is 12.9. The summed E-state index contributed by atoms with van der Waals surface area (Å²) in [6.07, 6.45) is 6.98. The van der Waals surface area contributed by atoms with Crippen LogP contribution in [0.3, 0.4) is 0 Å². The minimum atomic E-state index is -4.23. The van der Waals surface area contributed by atoms with Crippen LogP contribution in [0.1, 0.15) is 11.1 Å². The quantitative estimate of drug-likeness (QED) is 0.199. The Morgan fingerprint density at radius 3 is 2.65 bits per heavy atom. The van der Waals surface area contributed by atoms with Gasteiger partial charge in [0, 0.05) is 29.5 Å². The summed E-state index contributed by atoms with van der Waals surface area (Å²) in [4.78, 5) is 11.2. The number of pyridine rings is 1. The first-order chi connectivity index (χ1) is 17.6. The fourth-order valence-electron chi connectivity index (χ4n) is 3.64. The number of carboxylic acid groups (broad SMARTS) is 1. The number of nitrogens with zero attached hydrogens (tertiary/aromatic N) is 2. The van der Waals surface area contributed by atoms with Gasteiger partial charge < -0.3 is 20.0 Å². The number of hydrogen-bond donors (Lipinski definition) is 3. The van der Waals surface area contributed by atoms with E-state index in [0.29, 0.717) is 22.6 Å². The fourth-order valence-corrected chi connectivity index (χ4v) is 5.07. The molecule has 2 aromatic carbocycles. The lowest BCUT2D eigenvalue weighted by atomic mass is 10.1. The second-order valence-corrected chi connectivity index (χ2v) is 10.3. The van der Waals surface area contributed by atoms with E-state index in [1.54, 1.807) is 42.5 Å². The number of sulfonamides is 1. The largest absolute Gasteiger partial charge is 0.480 e. The Kier molecular flexibility index (Phi) is 7.51. The second kappa shape index (κ2) is 10.8. The zero-order valence-corrected chi connectivity index (χ0v) is 21.0. The third kappa shape index (κ3) is 6.29. The molecule has 0 radical (unpaired) electrons. The van der Waals surface area contributed by atoms with E-state index >= 15 is 0 Å². The average molecular weight is 539 g/mol. The Morgan fingerprint density at radius 1 is 1.11 bits per heavy atom. The van der Waals surface area contributed by atoms with Crippen LogP contribution in [0.25, 0.3) is 11.6 Å². The van der Waals surface area contributed by atoms with E-state index in [0.717, 1.165) is 9.82 Å². The van der Waals surface area contributed by atoms with Gasteiger partial charge >= 0.3 is 5.97 Å². The summed E-state index contributed by atoms with van der Waals surface area (Å²) in [5.74, 6) is -1.80. The summed E-state index contributed by atoms with van der Waals surface area (Å²) in [5, 5.41) is 16.9. The summed E-state index contributed by atoms with van der Waals surface area (Å²) in [6, 6.07) is 18.7. The van der Waals surface area contributed by atoms with Crippen LogP contribution in [0.5, 0.6) is 11.5 Å². The number of carbonyl (C=O) groups is 1. The van der Waals surface area contributed by atoms with Crippen LogP contribution in [0.4, 0.5) is 5.69 Å². The van der Waals surface area contributed by atoms with Gasteiger partial charge in [0.15, 0.2) is 5.75 Å². The van der Waals surface area contributed by atoms with Crippen molar-refractivity contribution in [3.05, 3.63) is 101 Å². The Bertz CT molecular complexity index is 1610. The van der Waals surface area contributed by atoms with Crippen molar-refractivity contribution in [3.63, 3.8) is 0 Å². The van der Waals surface area contributed by atoms with E-state index in [-0.39, 0.29) is 23.1 Å². The van der Waals surface area contributed by atoms with Crippen LogP contribution in [0, 0.1) is 5.41 Å². The van der Waals surface area contributed by atoms with Gasteiger partial charge in [0.05, 0.1) is 17.3 Å². The van der Waals surface area contributed by atoms with Crippen molar-refractivity contribution in [2.45, 2.75) is 0 Å². The Hall–Kier alpha value is -4.28. The predicted molar refractivity (Wildman–Crippen MR) is 144 cm³/mol. The SMILES string of the molecule is N=C(N)c1cccc(/C=C/CN(c2ccc(Oc3ccn4cccc4c3)c(Cl)c2)S(=O)(=O)CC(=O)O)c1. The van der Waals surface area contributed by atoms with Crippen LogP contribution >= 0.6 is 11.6 Å². The molecule has 37 heavy (non-hydrogen) atoms. The van der Waals surface area contributed by atoms with Crippen molar-refractivity contribution in [2.24, 2.45) is 5.73 Å². The first-order valence-corrected chi connectivity index (χ1v) is 13.0. The summed E-state index contributed by atoms with van der Waals surface area (Å²) in [7, 11) is -4.23. The smallest absolute Gasteiger partial charge is 0.320 e. The van der Waals surface area contributed by atoms with E-state index in [1.165, 1.54) is 18.2 Å². The normalized spacial score (nSPS) is 11.6. The molecule has 2 heterocycles. The molecule has 4 N–H and O–H groups in total. The zero-order chi connectivity index (χ0) is 26.6. The highest BCUT2D eigenvalue weighted by atomic mass is 35.5. The van der Waals surface area contributed by atoms with Crippen LogP contribution in [0.15, 0.2) is 85.2 Å². The van der Waals surface area contributed by atoms with E-state index in [2.05, 4.69) is 0 Å². The molecule has 4 rings (SSSR count). The van der Waals surface area contributed by atoms with E-state index in [1.807, 2.05) is 35.0 Å². The van der Waals surface area contributed by atoms with Crippen molar-refractivity contribution in [1.29, 1.82) is 5.41 Å². The number of carboxylic acids is 1. The minimum Gasteiger partial charge on any atom is -0.480 e. The van der Waals surface area contributed by atoms with E-state index < -0.39 is 21.7 Å². The van der Waals surface area contributed by atoms with Gasteiger partial charge in [-0.2, -0.15) is 0 Å². The number of nitrogens with two attached hydrogens (primary N) is 1. The van der Waals surface area contributed by atoms with Crippen LogP contribution in [-0.2, 0) is 14.8 Å². The standard InChI is InChI=1S/C26H23ClN4O5S/c27-23-16-21(8-9-24(23)36-22-10-13-30-11-3-7-20(30)15-22)31(37(34,35)17-25(32)33)12-2-5-18-4-1-6-19(14-18)26(28)29/h1-11,13-16H,12,17H2,(H3,28,29)(H,32,33)/b5-2+. The monoisotopic (exact) mass is 538 g/mol. The molecule has 9 nitrogen and oxygen atoms in total. The predicted octanol–water partition coefficient (Wildman–Crippen LogP) is 4.60. The molecule has 0 fully saturated rings. The first kappa shape index (κ1) is 25.8. The number of benzene rings is 2. The van der Waals surface area contributed by atoms with Crippen molar-refractivity contribution in [2.75, 3.05) is 16.6 Å². The third-order valence-electron chi connectivity index (χ3n) is 5.35. The molecule has 4 aromatic rings. The molecule has 0 unspecified atom stereocenters. The number of hydrogen-bond acceptors (Lipinski definition) is 5. The van der Waals surface area contributed by atoms with Gasteiger partial charge in [-0.1, -0.05) is 42.0 Å². The third-order valence-corrected chi connectivity index (χ3v) is 7.29. The van der Waals surface area contributed by atoms with E-state index in [9.17, 15) is 13.2 Å². The van der Waals surface area contributed by atoms with Crippen LogP contribution in [-0.4, -0.2) is 42.0 Å². The number of fused-ring (bicyclic) bond motifs is 1. The maximum Gasteiger partial charge on any atom is 0.320 e. The highest BCUT2D eigenvalue weighted by Crippen LogP contribution is 2.34. The first-order valence-electron chi connectivity index (χ1n) is 11.0. The van der Waals surface area contributed by atoms with Crippen LogP contribution < -0.4 is 14.8 Å². The Balaban J connectivity index is 1.60. The lowest BCUT2D eigenvalue weighted by molar-refractivity contribution is -0.134. The fraction of sp³-hybridized carbons (Fsp3) is 0.0769. The summed E-state index contributed by atoms with van der Waals surface area (Å²) < 4.78 is 34.6. The molecule has 2 aromatic heterocycles. The summed E-state index contributed by atoms with van der Waals surface area (Å²) in [5.41, 5.74) is 7.86. The van der Waals surface area contributed by atoms with Crippen molar-refractivity contribution in [1.82, 2.24) is 4.40 Å². The number of nitrogens with one attached hydrogen (secondary N) is 1. The van der Waals surface area contributed by atoms with Crippen molar-refractivity contribution >= 4 is 50.7 Å². The number of aliphatic carboxylic acids is 1. The molecule has 0 saturated heterocycles. The molecular formula is C26H23ClN4O5S. The molecule has 0 bridgehead atoms. The number of halogens is 1. The van der Waals surface area contributed by atoms with Gasteiger partial charge in [0.25, 0.3) is 0 Å². The Morgan fingerprint density at radius 2 is 1.92 bits per heavy atom. The number of ether oxygens (including phenoxy) is 1. The molecular weight excluding hydrogens is 516 g/mol. The Labute approximate surface area is 218 Å². The molecule has 0 spiro atoms. The van der Waals surface area contributed by atoms with Gasteiger partial charge in [-0.25, -0.2) is 8.42 Å². The number of aromatic nitrogens is 1. The minimum absolute atomic E-state index is 0.0914. The molecule has 11 heteroatoms. The van der Waals surface area contributed by atoms with Gasteiger partial charge in [-0.3, -0.25) is 14.5 Å². The molecule has 0 aliphatic heterocycles.